The van der Waals surface area contributed by atoms with E-state index in [1.807, 2.05) is 36.4 Å². The van der Waals surface area contributed by atoms with E-state index in [0.717, 1.165) is 22.3 Å². The molecule has 0 fully saturated rings. The fraction of sp³-hybridized carbons (Fsp3) is 0.348. The summed E-state index contributed by atoms with van der Waals surface area (Å²) in [6.45, 7) is 3.59. The lowest BCUT2D eigenvalue weighted by molar-refractivity contribution is -0.137. The molecule has 30 heavy (non-hydrogen) atoms. The molecule has 0 saturated heterocycles. The highest BCUT2D eigenvalue weighted by Gasteiger charge is 2.29. The second kappa shape index (κ2) is 9.43. The van der Waals surface area contributed by atoms with Crippen LogP contribution in [-0.4, -0.2) is 42.3 Å². The summed E-state index contributed by atoms with van der Waals surface area (Å²) in [5.41, 5.74) is 4.57. The third kappa shape index (κ3) is 4.97. The molecule has 2 atom stereocenters. The van der Waals surface area contributed by atoms with Crippen molar-refractivity contribution < 1.29 is 24.2 Å². The largest absolute Gasteiger partial charge is 0.481 e. The van der Waals surface area contributed by atoms with Crippen LogP contribution in [0.4, 0.5) is 4.79 Å². The standard InChI is InChI=1S/C23H26N2O5/c1-14(22(28)25-15(2)11-21(26)27)12-24-23(29)30-13-20-18-9-5-3-7-16(18)17-8-4-6-10-19(17)20/h3-10,14-15,20H,11-13H2,1-2H3,(H,24,29)(H,25,28)(H,26,27)/t14?,15-/m0/s1. The van der Waals surface area contributed by atoms with Crippen molar-refractivity contribution in [3.8, 4) is 11.1 Å². The third-order valence-corrected chi connectivity index (χ3v) is 5.21. The highest BCUT2D eigenvalue weighted by molar-refractivity contribution is 5.81. The fourth-order valence-electron chi connectivity index (χ4n) is 3.68. The molecule has 3 N–H and O–H groups in total. The number of carbonyl (C=O) groups is 3. The van der Waals surface area contributed by atoms with E-state index < -0.39 is 24.0 Å². The number of rotatable bonds is 8. The Labute approximate surface area is 175 Å². The molecular weight excluding hydrogens is 384 g/mol. The van der Waals surface area contributed by atoms with Crippen LogP contribution in [0, 0.1) is 5.92 Å². The van der Waals surface area contributed by atoms with Gasteiger partial charge in [-0.1, -0.05) is 55.5 Å². The maximum atomic E-state index is 12.2. The lowest BCUT2D eigenvalue weighted by Crippen LogP contribution is -2.42. The first-order valence-electron chi connectivity index (χ1n) is 9.97. The predicted molar refractivity (Wildman–Crippen MR) is 112 cm³/mol. The molecule has 1 unspecified atom stereocenters. The first-order valence-corrected chi connectivity index (χ1v) is 9.97. The SMILES string of the molecule is CC(CNC(=O)OCC1c2ccccc2-c2ccccc21)C(=O)N[C@@H](C)CC(=O)O. The minimum atomic E-state index is -0.979. The van der Waals surface area contributed by atoms with Gasteiger partial charge in [0, 0.05) is 18.5 Å². The molecule has 7 nitrogen and oxygen atoms in total. The van der Waals surface area contributed by atoms with Gasteiger partial charge in [-0.15, -0.1) is 0 Å². The van der Waals surface area contributed by atoms with Gasteiger partial charge in [0.05, 0.1) is 12.3 Å². The molecule has 7 heteroatoms. The van der Waals surface area contributed by atoms with Gasteiger partial charge in [0.15, 0.2) is 0 Å². The normalized spacial score (nSPS) is 14.2. The number of fused-ring (bicyclic) bond motifs is 3. The third-order valence-electron chi connectivity index (χ3n) is 5.21. The molecule has 0 saturated carbocycles. The van der Waals surface area contributed by atoms with E-state index in [2.05, 4.69) is 22.8 Å². The first kappa shape index (κ1) is 21.4. The van der Waals surface area contributed by atoms with Crippen LogP contribution in [-0.2, 0) is 14.3 Å². The Morgan fingerprint density at radius 3 is 2.13 bits per heavy atom. The number of carboxylic acids is 1. The molecule has 0 heterocycles. The topological polar surface area (TPSA) is 105 Å². The van der Waals surface area contributed by atoms with Gasteiger partial charge in [0.2, 0.25) is 5.91 Å². The maximum Gasteiger partial charge on any atom is 0.407 e. The molecular formula is C23H26N2O5. The van der Waals surface area contributed by atoms with Gasteiger partial charge in [-0.2, -0.15) is 0 Å². The lowest BCUT2D eigenvalue weighted by Gasteiger charge is -2.18. The number of hydrogen-bond donors (Lipinski definition) is 3. The molecule has 1 aliphatic carbocycles. The Balaban J connectivity index is 1.51. The molecule has 3 rings (SSSR count). The van der Waals surface area contributed by atoms with Crippen LogP contribution in [0.1, 0.15) is 37.3 Å². The molecule has 0 radical (unpaired) electrons. The summed E-state index contributed by atoms with van der Waals surface area (Å²) in [5, 5.41) is 14.0. The highest BCUT2D eigenvalue weighted by atomic mass is 16.5. The number of hydrogen-bond acceptors (Lipinski definition) is 4. The van der Waals surface area contributed by atoms with Gasteiger partial charge >= 0.3 is 12.1 Å². The number of aliphatic carboxylic acids is 1. The summed E-state index contributed by atoms with van der Waals surface area (Å²) in [6, 6.07) is 15.7. The molecule has 2 aromatic carbocycles. The van der Waals surface area contributed by atoms with Crippen molar-refractivity contribution in [2.75, 3.05) is 13.2 Å². The number of carboxylic acid groups (broad SMARTS) is 1. The Kier molecular flexibility index (Phi) is 6.72. The second-order valence-electron chi connectivity index (χ2n) is 7.61. The minimum Gasteiger partial charge on any atom is -0.481 e. The average Bonchev–Trinajstić information content (AvgIpc) is 3.03. The monoisotopic (exact) mass is 410 g/mol. The summed E-state index contributed by atoms with van der Waals surface area (Å²) in [7, 11) is 0. The van der Waals surface area contributed by atoms with Gasteiger partial charge in [-0.25, -0.2) is 4.79 Å². The van der Waals surface area contributed by atoms with Gasteiger partial charge < -0.3 is 20.5 Å². The van der Waals surface area contributed by atoms with E-state index >= 15 is 0 Å². The summed E-state index contributed by atoms with van der Waals surface area (Å²) in [6.07, 6.45) is -0.742. The van der Waals surface area contributed by atoms with Crippen LogP contribution < -0.4 is 10.6 Å². The van der Waals surface area contributed by atoms with Crippen molar-refractivity contribution in [1.82, 2.24) is 10.6 Å². The van der Waals surface area contributed by atoms with E-state index in [0.29, 0.717) is 0 Å². The zero-order valence-electron chi connectivity index (χ0n) is 17.1. The Hall–Kier alpha value is -3.35. The molecule has 0 bridgehead atoms. The summed E-state index contributed by atoms with van der Waals surface area (Å²) < 4.78 is 5.44. The number of benzene rings is 2. The highest BCUT2D eigenvalue weighted by Crippen LogP contribution is 2.44. The van der Waals surface area contributed by atoms with Crippen molar-refractivity contribution in [2.24, 2.45) is 5.92 Å². The number of ether oxygens (including phenoxy) is 1. The van der Waals surface area contributed by atoms with E-state index in [1.165, 1.54) is 0 Å². The van der Waals surface area contributed by atoms with Crippen molar-refractivity contribution in [3.63, 3.8) is 0 Å². The molecule has 1 aliphatic rings. The van der Waals surface area contributed by atoms with Crippen molar-refractivity contribution in [3.05, 3.63) is 59.7 Å². The zero-order chi connectivity index (χ0) is 21.7. The van der Waals surface area contributed by atoms with Gasteiger partial charge in [0.25, 0.3) is 0 Å². The fourth-order valence-corrected chi connectivity index (χ4v) is 3.68. The first-order chi connectivity index (χ1) is 14.4. The van der Waals surface area contributed by atoms with Gasteiger partial charge in [-0.3, -0.25) is 9.59 Å². The smallest absolute Gasteiger partial charge is 0.407 e. The number of amides is 2. The summed E-state index contributed by atoms with van der Waals surface area (Å²) in [4.78, 5) is 35.0. The van der Waals surface area contributed by atoms with E-state index in [1.54, 1.807) is 13.8 Å². The Morgan fingerprint density at radius 1 is 1.00 bits per heavy atom. The predicted octanol–water partition coefficient (Wildman–Crippen LogP) is 3.14. The molecule has 2 amide bonds. The van der Waals surface area contributed by atoms with Crippen molar-refractivity contribution in [2.45, 2.75) is 32.2 Å². The van der Waals surface area contributed by atoms with E-state index in [-0.39, 0.29) is 31.4 Å². The average molecular weight is 410 g/mol. The molecule has 0 spiro atoms. The zero-order valence-corrected chi connectivity index (χ0v) is 17.1. The van der Waals surface area contributed by atoms with E-state index in [9.17, 15) is 14.4 Å². The van der Waals surface area contributed by atoms with Crippen LogP contribution >= 0.6 is 0 Å². The maximum absolute atomic E-state index is 12.2. The minimum absolute atomic E-state index is 0.0271. The van der Waals surface area contributed by atoms with Crippen LogP contribution in [0.5, 0.6) is 0 Å². The number of carbonyl (C=O) groups excluding carboxylic acids is 2. The molecule has 0 aliphatic heterocycles. The summed E-state index contributed by atoms with van der Waals surface area (Å²) >= 11 is 0. The van der Waals surface area contributed by atoms with E-state index in [4.69, 9.17) is 9.84 Å². The van der Waals surface area contributed by atoms with Gasteiger partial charge in [0.1, 0.15) is 6.61 Å². The van der Waals surface area contributed by atoms with Crippen LogP contribution in [0.15, 0.2) is 48.5 Å². The molecule has 2 aromatic rings. The van der Waals surface area contributed by atoms with Crippen LogP contribution in [0.25, 0.3) is 11.1 Å². The van der Waals surface area contributed by atoms with Crippen LogP contribution in [0.2, 0.25) is 0 Å². The quantitative estimate of drug-likeness (QED) is 0.620. The summed E-state index contributed by atoms with van der Waals surface area (Å²) in [5.74, 6) is -1.84. The second-order valence-corrected chi connectivity index (χ2v) is 7.61. The molecule has 158 valence electrons. The number of nitrogens with one attached hydrogen (secondary N) is 2. The Morgan fingerprint density at radius 2 is 1.57 bits per heavy atom. The molecule has 0 aromatic heterocycles. The lowest BCUT2D eigenvalue weighted by atomic mass is 9.98. The Bertz CT molecular complexity index is 897. The van der Waals surface area contributed by atoms with Crippen molar-refractivity contribution in [1.29, 1.82) is 0 Å². The van der Waals surface area contributed by atoms with Crippen molar-refractivity contribution >= 4 is 18.0 Å². The van der Waals surface area contributed by atoms with Gasteiger partial charge in [-0.05, 0) is 29.2 Å². The number of alkyl carbamates (subject to hydrolysis) is 1. The van der Waals surface area contributed by atoms with Crippen LogP contribution in [0.3, 0.4) is 0 Å².